The third kappa shape index (κ3) is 5.70. The minimum Gasteiger partial charge on any atom is -0.324 e. The predicted octanol–water partition coefficient (Wildman–Crippen LogP) is 5.62. The molecule has 0 fully saturated rings. The Bertz CT molecular complexity index is 969. The Morgan fingerprint density at radius 3 is 1.52 bits per heavy atom. The highest BCUT2D eigenvalue weighted by Crippen LogP contribution is 2.20. The van der Waals surface area contributed by atoms with Crippen LogP contribution in [-0.2, 0) is 5.75 Å². The molecule has 7 heteroatoms. The van der Waals surface area contributed by atoms with Crippen LogP contribution in [0.1, 0.15) is 5.56 Å². The number of nitrogens with one attached hydrogen (secondary N) is 3. The van der Waals surface area contributed by atoms with Gasteiger partial charge in [0.25, 0.3) is 0 Å². The van der Waals surface area contributed by atoms with Crippen LogP contribution in [0.25, 0.3) is 0 Å². The van der Waals surface area contributed by atoms with Crippen molar-refractivity contribution >= 4 is 41.2 Å². The van der Waals surface area contributed by atoms with Gasteiger partial charge in [0, 0.05) is 17.1 Å². The summed E-state index contributed by atoms with van der Waals surface area (Å²) in [6.07, 6.45) is 0. The van der Waals surface area contributed by atoms with Gasteiger partial charge >= 0.3 is 0 Å². The minimum absolute atomic E-state index is 0.465. The zero-order chi connectivity index (χ0) is 19.7. The lowest BCUT2D eigenvalue weighted by Gasteiger charge is -2.11. The van der Waals surface area contributed by atoms with Crippen LogP contribution < -0.4 is 15.4 Å². The summed E-state index contributed by atoms with van der Waals surface area (Å²) < 4.78 is 3.22. The third-order valence-electron chi connectivity index (χ3n) is 3.94. The number of aromatic nitrogens is 3. The van der Waals surface area contributed by atoms with Crippen molar-refractivity contribution < 1.29 is 0 Å². The molecule has 0 saturated carbocycles. The molecule has 1 aromatic heterocycles. The van der Waals surface area contributed by atoms with Gasteiger partial charge in [-0.3, -0.25) is 4.72 Å². The van der Waals surface area contributed by atoms with Crippen molar-refractivity contribution in [3.05, 3.63) is 96.6 Å². The van der Waals surface area contributed by atoms with Gasteiger partial charge < -0.3 is 10.6 Å². The summed E-state index contributed by atoms with van der Waals surface area (Å²) in [5, 5.41) is 6.45. The van der Waals surface area contributed by atoms with E-state index in [1.807, 2.05) is 78.9 Å². The van der Waals surface area contributed by atoms with Crippen LogP contribution >= 0.6 is 11.9 Å². The third-order valence-corrected chi connectivity index (χ3v) is 4.74. The SMILES string of the molecule is c1ccc(CSNc2nc(Nc3ccccc3)nc(Nc3ccccc3)n2)cc1. The van der Waals surface area contributed by atoms with Crippen LogP contribution in [-0.4, -0.2) is 15.0 Å². The van der Waals surface area contributed by atoms with E-state index in [0.717, 1.165) is 17.1 Å². The molecule has 4 aromatic rings. The molecule has 144 valence electrons. The number of hydrogen-bond donors (Lipinski definition) is 3. The molecule has 4 rings (SSSR count). The fourth-order valence-corrected chi connectivity index (χ4v) is 3.24. The Labute approximate surface area is 174 Å². The fourth-order valence-electron chi connectivity index (χ4n) is 2.59. The normalized spacial score (nSPS) is 10.3. The summed E-state index contributed by atoms with van der Waals surface area (Å²) >= 11 is 1.53. The van der Waals surface area contributed by atoms with Gasteiger partial charge in [0.1, 0.15) is 0 Å². The highest BCUT2D eigenvalue weighted by molar-refractivity contribution is 7.99. The van der Waals surface area contributed by atoms with Crippen molar-refractivity contribution in [2.75, 3.05) is 15.4 Å². The van der Waals surface area contributed by atoms with Crippen molar-refractivity contribution in [2.45, 2.75) is 5.75 Å². The minimum atomic E-state index is 0.465. The Hall–Kier alpha value is -3.58. The van der Waals surface area contributed by atoms with Crippen LogP contribution in [0.2, 0.25) is 0 Å². The van der Waals surface area contributed by atoms with Gasteiger partial charge in [0.05, 0.1) is 0 Å². The molecule has 0 bridgehead atoms. The first-order valence-corrected chi connectivity index (χ1v) is 10.2. The summed E-state index contributed by atoms with van der Waals surface area (Å²) in [7, 11) is 0. The van der Waals surface area contributed by atoms with E-state index in [2.05, 4.69) is 42.4 Å². The Morgan fingerprint density at radius 1 is 0.552 bits per heavy atom. The smallest absolute Gasteiger partial charge is 0.239 e. The first kappa shape index (κ1) is 18.8. The van der Waals surface area contributed by atoms with Gasteiger partial charge in [-0.15, -0.1) is 0 Å². The molecule has 1 heterocycles. The average Bonchev–Trinajstić information content (AvgIpc) is 2.76. The molecular formula is C22H20N6S. The first-order chi connectivity index (χ1) is 14.3. The Kier molecular flexibility index (Phi) is 6.19. The second-order valence-corrected chi connectivity index (χ2v) is 6.95. The number of benzene rings is 3. The number of para-hydroxylation sites is 2. The van der Waals surface area contributed by atoms with Crippen LogP contribution in [0.3, 0.4) is 0 Å². The second kappa shape index (κ2) is 9.57. The molecule has 0 aliphatic carbocycles. The molecule has 3 aromatic carbocycles. The van der Waals surface area contributed by atoms with Gasteiger partial charge in [0.2, 0.25) is 17.8 Å². The molecule has 3 N–H and O–H groups in total. The number of nitrogens with zero attached hydrogens (tertiary/aromatic N) is 3. The van der Waals surface area contributed by atoms with Crippen molar-refractivity contribution in [3.8, 4) is 0 Å². The number of hydrogen-bond acceptors (Lipinski definition) is 7. The van der Waals surface area contributed by atoms with Gasteiger partial charge in [-0.1, -0.05) is 66.7 Å². The number of rotatable bonds is 8. The van der Waals surface area contributed by atoms with Crippen molar-refractivity contribution in [3.63, 3.8) is 0 Å². The molecule has 0 unspecified atom stereocenters. The lowest BCUT2D eigenvalue weighted by Crippen LogP contribution is -2.06. The van der Waals surface area contributed by atoms with Gasteiger partial charge in [0.15, 0.2) is 0 Å². The molecule has 0 spiro atoms. The van der Waals surface area contributed by atoms with Gasteiger partial charge in [-0.2, -0.15) is 15.0 Å². The van der Waals surface area contributed by atoms with Gasteiger partial charge in [-0.05, 0) is 41.8 Å². The zero-order valence-electron chi connectivity index (χ0n) is 15.6. The van der Waals surface area contributed by atoms with Crippen LogP contribution in [0.4, 0.5) is 29.2 Å². The highest BCUT2D eigenvalue weighted by atomic mass is 32.2. The van der Waals surface area contributed by atoms with E-state index in [1.165, 1.54) is 17.5 Å². The maximum atomic E-state index is 4.50. The van der Waals surface area contributed by atoms with Crippen molar-refractivity contribution in [2.24, 2.45) is 0 Å². The molecule has 0 aliphatic rings. The molecule has 0 aliphatic heterocycles. The van der Waals surface area contributed by atoms with E-state index in [9.17, 15) is 0 Å². The second-order valence-electron chi connectivity index (χ2n) is 6.16. The maximum absolute atomic E-state index is 4.50. The summed E-state index contributed by atoms with van der Waals surface area (Å²) in [4.78, 5) is 13.5. The van der Waals surface area contributed by atoms with Crippen molar-refractivity contribution in [1.29, 1.82) is 0 Å². The predicted molar refractivity (Wildman–Crippen MR) is 121 cm³/mol. The number of anilines is 5. The summed E-state index contributed by atoms with van der Waals surface area (Å²) in [6.45, 7) is 0. The molecule has 0 atom stereocenters. The zero-order valence-corrected chi connectivity index (χ0v) is 16.4. The van der Waals surface area contributed by atoms with E-state index in [0.29, 0.717) is 17.8 Å². The largest absolute Gasteiger partial charge is 0.324 e. The molecule has 0 radical (unpaired) electrons. The average molecular weight is 401 g/mol. The van der Waals surface area contributed by atoms with Crippen LogP contribution in [0.15, 0.2) is 91.0 Å². The lowest BCUT2D eigenvalue weighted by atomic mass is 10.2. The maximum Gasteiger partial charge on any atom is 0.239 e. The Balaban J connectivity index is 1.52. The topological polar surface area (TPSA) is 74.8 Å². The molecule has 0 saturated heterocycles. The molecule has 6 nitrogen and oxygen atoms in total. The molecule has 0 amide bonds. The van der Waals surface area contributed by atoms with Gasteiger partial charge in [-0.25, -0.2) is 0 Å². The van der Waals surface area contributed by atoms with Crippen LogP contribution in [0, 0.1) is 0 Å². The van der Waals surface area contributed by atoms with E-state index in [1.54, 1.807) is 0 Å². The Morgan fingerprint density at radius 2 is 1.00 bits per heavy atom. The standard InChI is InChI=1S/C22H20N6S/c1-4-10-17(11-5-1)16-29-28-22-26-20(23-18-12-6-2-7-13-18)25-21(27-22)24-19-14-8-3-9-15-19/h1-15H,16H2,(H3,23,24,25,26,27,28). The fraction of sp³-hybridized carbons (Fsp3) is 0.0455. The van der Waals surface area contributed by atoms with E-state index in [4.69, 9.17) is 0 Å². The monoisotopic (exact) mass is 400 g/mol. The van der Waals surface area contributed by atoms with Crippen molar-refractivity contribution in [1.82, 2.24) is 15.0 Å². The first-order valence-electron chi connectivity index (χ1n) is 9.17. The molecule has 29 heavy (non-hydrogen) atoms. The van der Waals surface area contributed by atoms with E-state index >= 15 is 0 Å². The van der Waals surface area contributed by atoms with E-state index in [-0.39, 0.29) is 0 Å². The lowest BCUT2D eigenvalue weighted by molar-refractivity contribution is 1.07. The van der Waals surface area contributed by atoms with E-state index < -0.39 is 0 Å². The molecular weight excluding hydrogens is 380 g/mol. The highest BCUT2D eigenvalue weighted by Gasteiger charge is 2.08. The summed E-state index contributed by atoms with van der Waals surface area (Å²) in [5.74, 6) is 2.22. The summed E-state index contributed by atoms with van der Waals surface area (Å²) in [5.41, 5.74) is 3.05. The van der Waals surface area contributed by atoms with Crippen LogP contribution in [0.5, 0.6) is 0 Å². The summed E-state index contributed by atoms with van der Waals surface area (Å²) in [6, 6.07) is 29.9. The quantitative estimate of drug-likeness (QED) is 0.331.